The van der Waals surface area contributed by atoms with E-state index in [2.05, 4.69) is 10.4 Å². The second kappa shape index (κ2) is 6.89. The summed E-state index contributed by atoms with van der Waals surface area (Å²) in [5.41, 5.74) is 3.82. The van der Waals surface area contributed by atoms with Gasteiger partial charge >= 0.3 is 0 Å². The molecule has 0 saturated heterocycles. The Hall–Kier alpha value is -2.59. The number of nitrogens with one attached hydrogen (secondary N) is 1. The predicted octanol–water partition coefficient (Wildman–Crippen LogP) is 4.45. The molecule has 3 aromatic rings. The van der Waals surface area contributed by atoms with Gasteiger partial charge in [0.15, 0.2) is 0 Å². The largest absolute Gasteiger partial charge is 0.307 e. The Labute approximate surface area is 146 Å². The van der Waals surface area contributed by atoms with Crippen molar-refractivity contribution in [1.29, 1.82) is 0 Å². The van der Waals surface area contributed by atoms with Gasteiger partial charge < -0.3 is 5.32 Å². The van der Waals surface area contributed by atoms with Crippen LogP contribution in [-0.4, -0.2) is 15.7 Å². The molecule has 122 valence electrons. The molecule has 1 amide bonds. The summed E-state index contributed by atoms with van der Waals surface area (Å²) in [5.74, 6) is 0.528. The van der Waals surface area contributed by atoms with Crippen LogP contribution < -0.4 is 5.32 Å². The fourth-order valence-electron chi connectivity index (χ4n) is 2.58. The van der Waals surface area contributed by atoms with Crippen molar-refractivity contribution in [2.45, 2.75) is 20.4 Å². The van der Waals surface area contributed by atoms with Gasteiger partial charge in [-0.1, -0.05) is 41.4 Å². The van der Waals surface area contributed by atoms with Gasteiger partial charge in [-0.25, -0.2) is 4.68 Å². The molecule has 0 aliphatic heterocycles. The summed E-state index contributed by atoms with van der Waals surface area (Å²) < 4.78 is 1.75. The van der Waals surface area contributed by atoms with E-state index < -0.39 is 0 Å². The zero-order chi connectivity index (χ0) is 17.1. The van der Waals surface area contributed by atoms with Crippen LogP contribution in [0.3, 0.4) is 0 Å². The van der Waals surface area contributed by atoms with Crippen LogP contribution in [0.25, 0.3) is 0 Å². The first kappa shape index (κ1) is 16.3. The predicted molar refractivity (Wildman–Crippen MR) is 96.7 cm³/mol. The highest BCUT2D eigenvalue weighted by molar-refractivity contribution is 6.30. The summed E-state index contributed by atoms with van der Waals surface area (Å²) in [6, 6.07) is 15.1. The van der Waals surface area contributed by atoms with Crippen molar-refractivity contribution in [3.63, 3.8) is 0 Å². The Morgan fingerprint density at radius 3 is 2.58 bits per heavy atom. The second-order valence-electron chi connectivity index (χ2n) is 5.77. The molecular weight excluding hydrogens is 322 g/mol. The van der Waals surface area contributed by atoms with E-state index in [1.54, 1.807) is 16.9 Å². The molecule has 0 spiro atoms. The van der Waals surface area contributed by atoms with Crippen molar-refractivity contribution >= 4 is 23.3 Å². The van der Waals surface area contributed by atoms with Crippen molar-refractivity contribution in [2.24, 2.45) is 0 Å². The summed E-state index contributed by atoms with van der Waals surface area (Å²) >= 11 is 5.91. The highest BCUT2D eigenvalue weighted by Crippen LogP contribution is 2.16. The highest BCUT2D eigenvalue weighted by Gasteiger charge is 2.12. The summed E-state index contributed by atoms with van der Waals surface area (Å²) in [4.78, 5) is 12.5. The van der Waals surface area contributed by atoms with Gasteiger partial charge in [-0.2, -0.15) is 5.10 Å². The summed E-state index contributed by atoms with van der Waals surface area (Å²) in [5, 5.41) is 7.92. The molecule has 1 aromatic heterocycles. The van der Waals surface area contributed by atoms with Gasteiger partial charge in [0.05, 0.1) is 12.7 Å². The van der Waals surface area contributed by atoms with E-state index in [4.69, 9.17) is 11.6 Å². The van der Waals surface area contributed by atoms with Crippen molar-refractivity contribution in [3.05, 3.63) is 82.0 Å². The van der Waals surface area contributed by atoms with Crippen LogP contribution in [0.1, 0.15) is 27.0 Å². The van der Waals surface area contributed by atoms with Crippen LogP contribution in [0.15, 0.2) is 54.7 Å². The Morgan fingerprint density at radius 2 is 1.88 bits per heavy atom. The average Bonchev–Trinajstić information content (AvgIpc) is 2.96. The normalized spacial score (nSPS) is 10.6. The monoisotopic (exact) mass is 339 g/mol. The molecule has 0 saturated carbocycles. The first-order valence-corrected chi connectivity index (χ1v) is 8.05. The quantitative estimate of drug-likeness (QED) is 0.763. The maximum absolute atomic E-state index is 12.5. The third-order valence-electron chi connectivity index (χ3n) is 3.83. The van der Waals surface area contributed by atoms with Gasteiger partial charge in [0.25, 0.3) is 5.91 Å². The number of aromatic nitrogens is 2. The fourth-order valence-corrected chi connectivity index (χ4v) is 2.71. The first-order chi connectivity index (χ1) is 11.5. The van der Waals surface area contributed by atoms with Gasteiger partial charge in [0.2, 0.25) is 0 Å². The number of amides is 1. The number of benzene rings is 2. The smallest absolute Gasteiger partial charge is 0.257 e. The zero-order valence-electron chi connectivity index (χ0n) is 13.6. The van der Waals surface area contributed by atoms with Crippen LogP contribution in [0.5, 0.6) is 0 Å². The van der Waals surface area contributed by atoms with Gasteiger partial charge in [0.1, 0.15) is 5.82 Å². The van der Waals surface area contributed by atoms with E-state index in [1.165, 1.54) is 0 Å². The van der Waals surface area contributed by atoms with E-state index >= 15 is 0 Å². The maximum Gasteiger partial charge on any atom is 0.257 e. The Kier molecular flexibility index (Phi) is 4.67. The number of halogens is 1. The lowest BCUT2D eigenvalue weighted by Gasteiger charge is -2.11. The van der Waals surface area contributed by atoms with Gasteiger partial charge in [-0.3, -0.25) is 4.79 Å². The van der Waals surface area contributed by atoms with E-state index in [9.17, 15) is 4.79 Å². The number of anilines is 1. The number of carbonyl (C=O) groups is 1. The molecule has 0 aliphatic carbocycles. The molecule has 24 heavy (non-hydrogen) atoms. The molecule has 0 fully saturated rings. The second-order valence-corrected chi connectivity index (χ2v) is 6.21. The molecule has 3 rings (SSSR count). The molecule has 1 heterocycles. The van der Waals surface area contributed by atoms with Gasteiger partial charge in [-0.15, -0.1) is 0 Å². The third kappa shape index (κ3) is 3.66. The number of aryl methyl sites for hydroxylation is 2. The van der Waals surface area contributed by atoms with Crippen LogP contribution in [0, 0.1) is 13.8 Å². The summed E-state index contributed by atoms with van der Waals surface area (Å²) in [6.07, 6.45) is 1.67. The average molecular weight is 340 g/mol. The minimum atomic E-state index is -0.134. The number of rotatable bonds is 4. The fraction of sp³-hybridized carbons (Fsp3) is 0.158. The molecule has 0 bridgehead atoms. The SMILES string of the molecule is Cc1ccc(C(=O)Nc2ccnn2Cc2ccc(Cl)cc2)c(C)c1. The van der Waals surface area contributed by atoms with Crippen LogP contribution >= 0.6 is 11.6 Å². The molecule has 1 N–H and O–H groups in total. The lowest BCUT2D eigenvalue weighted by molar-refractivity contribution is 0.102. The zero-order valence-corrected chi connectivity index (χ0v) is 14.3. The molecule has 4 nitrogen and oxygen atoms in total. The molecule has 0 unspecified atom stereocenters. The Bertz CT molecular complexity index is 869. The maximum atomic E-state index is 12.5. The molecular formula is C19H18ClN3O. The third-order valence-corrected chi connectivity index (χ3v) is 4.08. The number of nitrogens with zero attached hydrogens (tertiary/aromatic N) is 2. The van der Waals surface area contributed by atoms with Gasteiger partial charge in [-0.05, 0) is 43.2 Å². The van der Waals surface area contributed by atoms with Crippen LogP contribution in [-0.2, 0) is 6.54 Å². The first-order valence-electron chi connectivity index (χ1n) is 7.68. The summed E-state index contributed by atoms with van der Waals surface area (Å²) in [6.45, 7) is 4.51. The molecule has 0 radical (unpaired) electrons. The number of carbonyl (C=O) groups excluding carboxylic acids is 1. The topological polar surface area (TPSA) is 46.9 Å². The van der Waals surface area contributed by atoms with E-state index in [0.717, 1.165) is 16.7 Å². The minimum Gasteiger partial charge on any atom is -0.307 e. The van der Waals surface area contributed by atoms with Crippen molar-refractivity contribution in [2.75, 3.05) is 5.32 Å². The van der Waals surface area contributed by atoms with E-state index in [1.807, 2.05) is 56.3 Å². The van der Waals surface area contributed by atoms with E-state index in [0.29, 0.717) is 22.9 Å². The lowest BCUT2D eigenvalue weighted by Crippen LogP contribution is -2.17. The molecule has 0 atom stereocenters. The Balaban J connectivity index is 1.77. The van der Waals surface area contributed by atoms with Crippen molar-refractivity contribution in [1.82, 2.24) is 9.78 Å². The van der Waals surface area contributed by atoms with Crippen LogP contribution in [0.4, 0.5) is 5.82 Å². The number of hydrogen-bond acceptors (Lipinski definition) is 2. The van der Waals surface area contributed by atoms with Gasteiger partial charge in [0, 0.05) is 16.7 Å². The molecule has 0 aliphatic rings. The molecule has 5 heteroatoms. The lowest BCUT2D eigenvalue weighted by atomic mass is 10.1. The Morgan fingerprint density at radius 1 is 1.12 bits per heavy atom. The summed E-state index contributed by atoms with van der Waals surface area (Å²) in [7, 11) is 0. The van der Waals surface area contributed by atoms with Crippen LogP contribution in [0.2, 0.25) is 5.02 Å². The van der Waals surface area contributed by atoms with Crippen molar-refractivity contribution in [3.8, 4) is 0 Å². The minimum absolute atomic E-state index is 0.134. The highest BCUT2D eigenvalue weighted by atomic mass is 35.5. The molecule has 2 aromatic carbocycles. The van der Waals surface area contributed by atoms with Crippen molar-refractivity contribution < 1.29 is 4.79 Å². The van der Waals surface area contributed by atoms with E-state index in [-0.39, 0.29) is 5.91 Å². The standard InChI is InChI=1S/C19H18ClN3O/c1-13-3-8-17(14(2)11-13)19(24)22-18-9-10-21-23(18)12-15-4-6-16(20)7-5-15/h3-11H,12H2,1-2H3,(H,22,24). The number of hydrogen-bond donors (Lipinski definition) is 1.